The quantitative estimate of drug-likeness (QED) is 0.814. The van der Waals surface area contributed by atoms with Gasteiger partial charge >= 0.3 is 5.97 Å². The highest BCUT2D eigenvalue weighted by molar-refractivity contribution is 7.09. The lowest BCUT2D eigenvalue weighted by molar-refractivity contribution is -0.152. The number of nitrogens with zero attached hydrogens (tertiary/aromatic N) is 1. The zero-order valence-corrected chi connectivity index (χ0v) is 16.0. The summed E-state index contributed by atoms with van der Waals surface area (Å²) in [4.78, 5) is 29.2. The zero-order valence-electron chi connectivity index (χ0n) is 15.2. The number of esters is 1. The molecule has 1 aliphatic carbocycles. The van der Waals surface area contributed by atoms with Crippen LogP contribution in [0.15, 0.2) is 29.6 Å². The number of aryl methyl sites for hydroxylation is 1. The summed E-state index contributed by atoms with van der Waals surface area (Å²) in [6.45, 7) is 1.98. The maximum atomic E-state index is 12.5. The highest BCUT2D eigenvalue weighted by Crippen LogP contribution is 2.29. The first-order chi connectivity index (χ1) is 12.5. The molecule has 1 aromatic carbocycles. The Hall–Kier alpha value is -2.21. The summed E-state index contributed by atoms with van der Waals surface area (Å²) in [6, 6.07) is 7.84. The average Bonchev–Trinajstić information content (AvgIpc) is 3.08. The number of carbonyl (C=O) groups is 2. The van der Waals surface area contributed by atoms with Crippen molar-refractivity contribution in [2.24, 2.45) is 0 Å². The van der Waals surface area contributed by atoms with Crippen molar-refractivity contribution in [3.05, 3.63) is 40.2 Å². The van der Waals surface area contributed by atoms with Gasteiger partial charge in [-0.25, -0.2) is 9.78 Å². The Kier molecular flexibility index (Phi) is 5.71. The predicted octanol–water partition coefficient (Wildman–Crippen LogP) is 3.65. The summed E-state index contributed by atoms with van der Waals surface area (Å²) in [7, 11) is 1.38. The molecular weight excluding hydrogens is 348 g/mol. The van der Waals surface area contributed by atoms with Gasteiger partial charge in [0.05, 0.1) is 24.2 Å². The maximum absolute atomic E-state index is 12.5. The summed E-state index contributed by atoms with van der Waals surface area (Å²) in [6.07, 6.45) is 4.48. The van der Waals surface area contributed by atoms with Crippen LogP contribution < -0.4 is 5.32 Å². The molecule has 1 heterocycles. The third-order valence-corrected chi connectivity index (χ3v) is 5.67. The Labute approximate surface area is 157 Å². The minimum Gasteiger partial charge on any atom is -0.467 e. The number of thiazole rings is 1. The van der Waals surface area contributed by atoms with E-state index in [-0.39, 0.29) is 18.3 Å². The maximum Gasteiger partial charge on any atom is 0.331 e. The molecule has 1 saturated carbocycles. The fourth-order valence-corrected chi connectivity index (χ4v) is 4.14. The van der Waals surface area contributed by atoms with E-state index in [2.05, 4.69) is 10.3 Å². The standard InChI is InChI=1S/C20H24N2O3S/c1-14-21-17(13-26-14)16-8-6-15(7-9-16)12-18(23)22-20(19(24)25-2)10-4-3-5-11-20/h6-9,13H,3-5,10-12H2,1-2H3,(H,22,23). The molecule has 0 spiro atoms. The first-order valence-corrected chi connectivity index (χ1v) is 9.81. The molecule has 0 radical (unpaired) electrons. The largest absolute Gasteiger partial charge is 0.467 e. The van der Waals surface area contributed by atoms with Crippen molar-refractivity contribution in [3.8, 4) is 11.3 Å². The molecule has 0 bridgehead atoms. The molecule has 1 aromatic heterocycles. The molecule has 1 N–H and O–H groups in total. The van der Waals surface area contributed by atoms with E-state index in [9.17, 15) is 9.59 Å². The molecule has 2 aromatic rings. The summed E-state index contributed by atoms with van der Waals surface area (Å²) in [5, 5.41) is 6.02. The van der Waals surface area contributed by atoms with Gasteiger partial charge in [0, 0.05) is 10.9 Å². The van der Waals surface area contributed by atoms with Gasteiger partial charge in [-0.3, -0.25) is 4.79 Å². The number of hydrogen-bond donors (Lipinski definition) is 1. The minimum absolute atomic E-state index is 0.144. The normalized spacial score (nSPS) is 16.1. The van der Waals surface area contributed by atoms with E-state index >= 15 is 0 Å². The number of rotatable bonds is 5. The van der Waals surface area contributed by atoms with Crippen molar-refractivity contribution >= 4 is 23.2 Å². The second kappa shape index (κ2) is 7.99. The SMILES string of the molecule is COC(=O)C1(NC(=O)Cc2ccc(-c3csc(C)n3)cc2)CCCCC1. The second-order valence-electron chi connectivity index (χ2n) is 6.81. The van der Waals surface area contributed by atoms with E-state index in [0.29, 0.717) is 12.8 Å². The van der Waals surface area contributed by atoms with Crippen molar-refractivity contribution in [2.45, 2.75) is 51.0 Å². The summed E-state index contributed by atoms with van der Waals surface area (Å²) >= 11 is 1.62. The van der Waals surface area contributed by atoms with Crippen molar-refractivity contribution in [3.63, 3.8) is 0 Å². The van der Waals surface area contributed by atoms with Crippen LogP contribution in [-0.4, -0.2) is 29.5 Å². The van der Waals surface area contributed by atoms with Crippen molar-refractivity contribution < 1.29 is 14.3 Å². The number of methoxy groups -OCH3 is 1. The van der Waals surface area contributed by atoms with Crippen molar-refractivity contribution in [2.75, 3.05) is 7.11 Å². The highest BCUT2D eigenvalue weighted by Gasteiger charge is 2.41. The summed E-state index contributed by atoms with van der Waals surface area (Å²) in [5.41, 5.74) is 2.04. The van der Waals surface area contributed by atoms with Crippen LogP contribution in [0.3, 0.4) is 0 Å². The van der Waals surface area contributed by atoms with Gasteiger partial charge in [0.1, 0.15) is 5.54 Å². The van der Waals surface area contributed by atoms with Gasteiger partial charge < -0.3 is 10.1 Å². The van der Waals surface area contributed by atoms with Gasteiger partial charge in [0.15, 0.2) is 0 Å². The molecule has 0 saturated heterocycles. The highest BCUT2D eigenvalue weighted by atomic mass is 32.1. The van der Waals surface area contributed by atoms with Crippen LogP contribution in [-0.2, 0) is 20.7 Å². The third kappa shape index (κ3) is 4.12. The van der Waals surface area contributed by atoms with Crippen molar-refractivity contribution in [1.82, 2.24) is 10.3 Å². The molecule has 6 heteroatoms. The van der Waals surface area contributed by atoms with Crippen LogP contribution in [0.2, 0.25) is 0 Å². The zero-order chi connectivity index (χ0) is 18.6. The molecule has 1 amide bonds. The second-order valence-corrected chi connectivity index (χ2v) is 7.87. The van der Waals surface area contributed by atoms with E-state index in [1.807, 2.05) is 36.6 Å². The smallest absolute Gasteiger partial charge is 0.331 e. The molecule has 3 rings (SSSR count). The lowest BCUT2D eigenvalue weighted by Crippen LogP contribution is -2.56. The van der Waals surface area contributed by atoms with Gasteiger partial charge in [-0.15, -0.1) is 11.3 Å². The predicted molar refractivity (Wildman–Crippen MR) is 102 cm³/mol. The Morgan fingerprint density at radius 1 is 1.19 bits per heavy atom. The van der Waals surface area contributed by atoms with Crippen molar-refractivity contribution in [1.29, 1.82) is 0 Å². The molecule has 0 unspecified atom stereocenters. The number of carbonyl (C=O) groups excluding carboxylic acids is 2. The molecule has 5 nitrogen and oxygen atoms in total. The molecule has 0 aliphatic heterocycles. The Morgan fingerprint density at radius 2 is 1.88 bits per heavy atom. The average molecular weight is 372 g/mol. The fourth-order valence-electron chi connectivity index (χ4n) is 3.52. The van der Waals surface area contributed by atoms with Gasteiger partial charge in [-0.2, -0.15) is 0 Å². The molecule has 1 aliphatic rings. The van der Waals surface area contributed by atoms with E-state index in [1.54, 1.807) is 11.3 Å². The lowest BCUT2D eigenvalue weighted by Gasteiger charge is -2.35. The number of aromatic nitrogens is 1. The van der Waals surface area contributed by atoms with Crippen LogP contribution in [0.5, 0.6) is 0 Å². The topological polar surface area (TPSA) is 68.3 Å². The summed E-state index contributed by atoms with van der Waals surface area (Å²) in [5.74, 6) is -0.477. The van der Waals surface area contributed by atoms with Crippen LogP contribution in [0.1, 0.15) is 42.7 Å². The third-order valence-electron chi connectivity index (χ3n) is 4.90. The Balaban J connectivity index is 1.66. The molecule has 1 fully saturated rings. The van der Waals surface area contributed by atoms with Gasteiger partial charge in [-0.05, 0) is 25.3 Å². The van der Waals surface area contributed by atoms with E-state index in [0.717, 1.165) is 41.1 Å². The first-order valence-electron chi connectivity index (χ1n) is 8.93. The van der Waals surface area contributed by atoms with Gasteiger partial charge in [-0.1, -0.05) is 43.5 Å². The van der Waals surface area contributed by atoms with E-state index < -0.39 is 5.54 Å². The number of hydrogen-bond acceptors (Lipinski definition) is 5. The van der Waals surface area contributed by atoms with Gasteiger partial charge in [0.25, 0.3) is 0 Å². The van der Waals surface area contributed by atoms with Crippen LogP contribution >= 0.6 is 11.3 Å². The van der Waals surface area contributed by atoms with Crippen LogP contribution in [0.25, 0.3) is 11.3 Å². The Morgan fingerprint density at radius 3 is 2.46 bits per heavy atom. The number of benzene rings is 1. The fraction of sp³-hybridized carbons (Fsp3) is 0.450. The summed E-state index contributed by atoms with van der Waals surface area (Å²) < 4.78 is 4.95. The molecule has 26 heavy (non-hydrogen) atoms. The number of amides is 1. The number of nitrogens with one attached hydrogen (secondary N) is 1. The van der Waals surface area contributed by atoms with Crippen LogP contribution in [0, 0.1) is 6.92 Å². The Bertz CT molecular complexity index is 777. The first kappa shape index (κ1) is 18.6. The molecular formula is C20H24N2O3S. The monoisotopic (exact) mass is 372 g/mol. The lowest BCUT2D eigenvalue weighted by atomic mass is 9.81. The van der Waals surface area contributed by atoms with Crippen LogP contribution in [0.4, 0.5) is 0 Å². The van der Waals surface area contributed by atoms with E-state index in [1.165, 1.54) is 7.11 Å². The van der Waals surface area contributed by atoms with Gasteiger partial charge in [0.2, 0.25) is 5.91 Å². The van der Waals surface area contributed by atoms with E-state index in [4.69, 9.17) is 4.74 Å². The minimum atomic E-state index is -0.859. The number of ether oxygens (including phenoxy) is 1. The molecule has 0 atom stereocenters. The molecule has 138 valence electrons.